The van der Waals surface area contributed by atoms with Gasteiger partial charge in [0.05, 0.1) is 13.2 Å². The Morgan fingerprint density at radius 2 is 2.00 bits per heavy atom. The van der Waals surface area contributed by atoms with Crippen molar-refractivity contribution in [3.63, 3.8) is 0 Å². The molecule has 6 heteroatoms. The number of aryl methyl sites for hydroxylation is 1. The Hall–Kier alpha value is -1.79. The van der Waals surface area contributed by atoms with Gasteiger partial charge in [-0.1, -0.05) is 0 Å². The SMILES string of the molecule is CN1CCCc2cc(NC(=O)NCC(C)(C)N3CCOCC3)ccc21. The number of amides is 2. The number of nitrogens with one attached hydrogen (secondary N) is 2. The highest BCUT2D eigenvalue weighted by atomic mass is 16.5. The summed E-state index contributed by atoms with van der Waals surface area (Å²) in [7, 11) is 2.12. The van der Waals surface area contributed by atoms with Crippen LogP contribution in [0.1, 0.15) is 25.8 Å². The van der Waals surface area contributed by atoms with E-state index in [0.29, 0.717) is 6.54 Å². The number of fused-ring (bicyclic) bond motifs is 1. The normalized spacial score (nSPS) is 18.6. The molecule has 0 aliphatic carbocycles. The van der Waals surface area contributed by atoms with Crippen LogP contribution < -0.4 is 15.5 Å². The van der Waals surface area contributed by atoms with Crippen LogP contribution in [0.3, 0.4) is 0 Å². The van der Waals surface area contributed by atoms with Gasteiger partial charge < -0.3 is 20.3 Å². The highest BCUT2D eigenvalue weighted by Gasteiger charge is 2.28. The smallest absolute Gasteiger partial charge is 0.319 e. The van der Waals surface area contributed by atoms with Gasteiger partial charge in [-0.3, -0.25) is 4.90 Å². The fourth-order valence-corrected chi connectivity index (χ4v) is 3.62. The summed E-state index contributed by atoms with van der Waals surface area (Å²) in [5, 5.41) is 5.99. The van der Waals surface area contributed by atoms with E-state index in [1.807, 2.05) is 6.07 Å². The number of rotatable bonds is 4. The summed E-state index contributed by atoms with van der Waals surface area (Å²) in [6.45, 7) is 9.37. The molecule has 0 aromatic heterocycles. The zero-order chi connectivity index (χ0) is 17.9. The molecule has 3 rings (SSSR count). The predicted octanol–water partition coefficient (Wildman–Crippen LogP) is 2.30. The first-order valence-corrected chi connectivity index (χ1v) is 9.17. The Bertz CT molecular complexity index is 611. The number of anilines is 2. The number of hydrogen-bond donors (Lipinski definition) is 2. The summed E-state index contributed by atoms with van der Waals surface area (Å²) in [4.78, 5) is 16.9. The van der Waals surface area contributed by atoms with Crippen molar-refractivity contribution in [1.82, 2.24) is 10.2 Å². The third-order valence-corrected chi connectivity index (χ3v) is 5.24. The van der Waals surface area contributed by atoms with Crippen molar-refractivity contribution in [1.29, 1.82) is 0 Å². The lowest BCUT2D eigenvalue weighted by atomic mass is 10.0. The van der Waals surface area contributed by atoms with Gasteiger partial charge in [0.15, 0.2) is 0 Å². The average molecular weight is 346 g/mol. The molecule has 2 aliphatic rings. The van der Waals surface area contributed by atoms with Gasteiger partial charge in [-0.05, 0) is 50.5 Å². The molecule has 1 aromatic carbocycles. The fourth-order valence-electron chi connectivity index (χ4n) is 3.62. The minimum atomic E-state index is -0.148. The Labute approximate surface area is 150 Å². The lowest BCUT2D eigenvalue weighted by Gasteiger charge is -2.40. The average Bonchev–Trinajstić information content (AvgIpc) is 2.61. The van der Waals surface area contributed by atoms with Crippen molar-refractivity contribution in [2.45, 2.75) is 32.2 Å². The Kier molecular flexibility index (Phi) is 5.49. The zero-order valence-electron chi connectivity index (χ0n) is 15.6. The number of benzene rings is 1. The number of urea groups is 1. The van der Waals surface area contributed by atoms with Gasteiger partial charge in [0.2, 0.25) is 0 Å². The number of hydrogen-bond acceptors (Lipinski definition) is 4. The fraction of sp³-hybridized carbons (Fsp3) is 0.632. The molecule has 2 aliphatic heterocycles. The maximum Gasteiger partial charge on any atom is 0.319 e. The van der Waals surface area contributed by atoms with Crippen LogP contribution in [0, 0.1) is 0 Å². The van der Waals surface area contributed by atoms with Crippen molar-refractivity contribution >= 4 is 17.4 Å². The molecule has 2 N–H and O–H groups in total. The summed E-state index contributed by atoms with van der Waals surface area (Å²) in [6, 6.07) is 6.03. The van der Waals surface area contributed by atoms with Crippen LogP contribution in [0.5, 0.6) is 0 Å². The van der Waals surface area contributed by atoms with Crippen molar-refractivity contribution in [3.8, 4) is 0 Å². The van der Waals surface area contributed by atoms with Crippen LogP contribution in [-0.2, 0) is 11.2 Å². The van der Waals surface area contributed by atoms with Crippen LogP contribution in [0.2, 0.25) is 0 Å². The molecular formula is C19H30N4O2. The lowest BCUT2D eigenvalue weighted by Crippen LogP contribution is -2.55. The Balaban J connectivity index is 1.54. The van der Waals surface area contributed by atoms with Crippen molar-refractivity contribution in [2.75, 3.05) is 56.7 Å². The third kappa shape index (κ3) is 4.44. The molecule has 2 amide bonds. The molecule has 25 heavy (non-hydrogen) atoms. The molecule has 0 spiro atoms. The number of ether oxygens (including phenoxy) is 1. The van der Waals surface area contributed by atoms with E-state index >= 15 is 0 Å². The molecule has 0 unspecified atom stereocenters. The minimum absolute atomic E-state index is 0.0836. The molecule has 0 radical (unpaired) electrons. The van der Waals surface area contributed by atoms with Crippen molar-refractivity contribution < 1.29 is 9.53 Å². The minimum Gasteiger partial charge on any atom is -0.379 e. The first-order chi connectivity index (χ1) is 12.0. The standard InChI is InChI=1S/C19H30N4O2/c1-19(2,23-9-11-25-12-10-23)14-20-18(24)21-16-6-7-17-15(13-16)5-4-8-22(17)3/h6-7,13H,4-5,8-12,14H2,1-3H3,(H2,20,21,24). The van der Waals surface area contributed by atoms with Crippen molar-refractivity contribution in [2.24, 2.45) is 0 Å². The van der Waals surface area contributed by atoms with Gasteiger partial charge >= 0.3 is 6.03 Å². The molecule has 0 atom stereocenters. The molecule has 1 fully saturated rings. The van der Waals surface area contributed by atoms with Gasteiger partial charge in [-0.15, -0.1) is 0 Å². The second kappa shape index (κ2) is 7.62. The third-order valence-electron chi connectivity index (χ3n) is 5.24. The predicted molar refractivity (Wildman–Crippen MR) is 102 cm³/mol. The van der Waals surface area contributed by atoms with Crippen LogP contribution in [-0.4, -0.2) is 62.9 Å². The number of carbonyl (C=O) groups is 1. The second-order valence-electron chi connectivity index (χ2n) is 7.59. The van der Waals surface area contributed by atoms with E-state index < -0.39 is 0 Å². The van der Waals surface area contributed by atoms with Gasteiger partial charge in [0.25, 0.3) is 0 Å². The topological polar surface area (TPSA) is 56.8 Å². The summed E-state index contributed by atoms with van der Waals surface area (Å²) >= 11 is 0. The van der Waals surface area contributed by atoms with Crippen LogP contribution in [0.25, 0.3) is 0 Å². The molecule has 0 saturated carbocycles. The van der Waals surface area contributed by atoms with Crippen LogP contribution in [0.4, 0.5) is 16.2 Å². The monoisotopic (exact) mass is 346 g/mol. The highest BCUT2D eigenvalue weighted by Crippen LogP contribution is 2.28. The van der Waals surface area contributed by atoms with E-state index in [9.17, 15) is 4.79 Å². The van der Waals surface area contributed by atoms with E-state index in [4.69, 9.17) is 4.74 Å². The molecule has 0 bridgehead atoms. The van der Waals surface area contributed by atoms with E-state index in [0.717, 1.165) is 51.4 Å². The first-order valence-electron chi connectivity index (χ1n) is 9.17. The zero-order valence-corrected chi connectivity index (χ0v) is 15.6. The van der Waals surface area contributed by atoms with Crippen molar-refractivity contribution in [3.05, 3.63) is 23.8 Å². The largest absolute Gasteiger partial charge is 0.379 e. The molecule has 1 aromatic rings. The van der Waals surface area contributed by atoms with Crippen LogP contribution in [0.15, 0.2) is 18.2 Å². The maximum absolute atomic E-state index is 12.3. The second-order valence-corrected chi connectivity index (χ2v) is 7.59. The number of morpholine rings is 1. The molecule has 1 saturated heterocycles. The molecule has 138 valence electrons. The molecular weight excluding hydrogens is 316 g/mol. The Morgan fingerprint density at radius 1 is 1.24 bits per heavy atom. The van der Waals surface area contributed by atoms with E-state index in [-0.39, 0.29) is 11.6 Å². The number of nitrogens with zero attached hydrogens (tertiary/aromatic N) is 2. The Morgan fingerprint density at radius 3 is 2.76 bits per heavy atom. The lowest BCUT2D eigenvalue weighted by molar-refractivity contribution is -0.00863. The summed E-state index contributed by atoms with van der Waals surface area (Å²) in [5.41, 5.74) is 3.35. The van der Waals surface area contributed by atoms with Gasteiger partial charge in [0, 0.05) is 50.1 Å². The number of carbonyl (C=O) groups excluding carboxylic acids is 1. The van der Waals surface area contributed by atoms with Gasteiger partial charge in [-0.2, -0.15) is 0 Å². The van der Waals surface area contributed by atoms with Gasteiger partial charge in [0.1, 0.15) is 0 Å². The van der Waals surface area contributed by atoms with E-state index in [1.54, 1.807) is 0 Å². The van der Waals surface area contributed by atoms with E-state index in [2.05, 4.69) is 53.5 Å². The van der Waals surface area contributed by atoms with Crippen LogP contribution >= 0.6 is 0 Å². The first kappa shape index (κ1) is 18.0. The summed E-state index contributed by atoms with van der Waals surface area (Å²) in [5.74, 6) is 0. The highest BCUT2D eigenvalue weighted by molar-refractivity contribution is 5.89. The van der Waals surface area contributed by atoms with Gasteiger partial charge in [-0.25, -0.2) is 4.79 Å². The molecule has 2 heterocycles. The summed E-state index contributed by atoms with van der Waals surface area (Å²) < 4.78 is 5.41. The molecule has 6 nitrogen and oxygen atoms in total. The maximum atomic E-state index is 12.3. The summed E-state index contributed by atoms with van der Waals surface area (Å²) in [6.07, 6.45) is 2.23. The van der Waals surface area contributed by atoms with E-state index in [1.165, 1.54) is 11.3 Å². The quantitative estimate of drug-likeness (QED) is 0.878.